The topological polar surface area (TPSA) is 35.2 Å². The van der Waals surface area contributed by atoms with Crippen LogP contribution in [0.1, 0.15) is 24.3 Å². The second-order valence-electron chi connectivity index (χ2n) is 4.09. The fourth-order valence-electron chi connectivity index (χ4n) is 2.00. The SMILES string of the molecule is NCCCSCC1CCOc2ccccc21. The number of nitrogens with two attached hydrogens (primary N) is 1. The molecule has 0 fully saturated rings. The van der Waals surface area contributed by atoms with Gasteiger partial charge in [-0.2, -0.15) is 11.8 Å². The Balaban J connectivity index is 1.91. The predicted molar refractivity (Wildman–Crippen MR) is 70.3 cm³/mol. The van der Waals surface area contributed by atoms with E-state index in [1.54, 1.807) is 0 Å². The highest BCUT2D eigenvalue weighted by atomic mass is 32.2. The van der Waals surface area contributed by atoms with Crippen molar-refractivity contribution in [3.05, 3.63) is 29.8 Å². The van der Waals surface area contributed by atoms with E-state index in [0.29, 0.717) is 5.92 Å². The highest BCUT2D eigenvalue weighted by Gasteiger charge is 2.20. The van der Waals surface area contributed by atoms with Crippen molar-refractivity contribution < 1.29 is 4.74 Å². The Morgan fingerprint density at radius 1 is 1.38 bits per heavy atom. The van der Waals surface area contributed by atoms with Crippen LogP contribution in [0.5, 0.6) is 5.75 Å². The van der Waals surface area contributed by atoms with Crippen molar-refractivity contribution in [1.82, 2.24) is 0 Å². The van der Waals surface area contributed by atoms with Crippen LogP contribution in [0, 0.1) is 0 Å². The van der Waals surface area contributed by atoms with Crippen LogP contribution in [-0.2, 0) is 0 Å². The first-order valence-corrected chi connectivity index (χ1v) is 7.07. The second-order valence-corrected chi connectivity index (χ2v) is 5.24. The van der Waals surface area contributed by atoms with Crippen molar-refractivity contribution >= 4 is 11.8 Å². The normalized spacial score (nSPS) is 18.9. The van der Waals surface area contributed by atoms with Crippen LogP contribution in [0.25, 0.3) is 0 Å². The molecular weight excluding hydrogens is 218 g/mol. The van der Waals surface area contributed by atoms with Gasteiger partial charge < -0.3 is 10.5 Å². The van der Waals surface area contributed by atoms with Crippen LogP contribution in [0.4, 0.5) is 0 Å². The Hall–Kier alpha value is -0.670. The van der Waals surface area contributed by atoms with Gasteiger partial charge in [-0.1, -0.05) is 18.2 Å². The average molecular weight is 237 g/mol. The Labute approximate surface area is 102 Å². The summed E-state index contributed by atoms with van der Waals surface area (Å²) in [5.74, 6) is 4.11. The molecule has 0 amide bonds. The summed E-state index contributed by atoms with van der Waals surface area (Å²) in [4.78, 5) is 0. The highest BCUT2D eigenvalue weighted by molar-refractivity contribution is 7.99. The van der Waals surface area contributed by atoms with Gasteiger partial charge in [0.2, 0.25) is 0 Å². The lowest BCUT2D eigenvalue weighted by Gasteiger charge is -2.25. The molecule has 0 saturated carbocycles. The molecule has 0 bridgehead atoms. The summed E-state index contributed by atoms with van der Waals surface area (Å²) in [6.07, 6.45) is 2.27. The van der Waals surface area contributed by atoms with Crippen molar-refractivity contribution in [2.75, 3.05) is 24.7 Å². The first-order chi connectivity index (χ1) is 7.92. The molecule has 1 aromatic rings. The minimum Gasteiger partial charge on any atom is -0.493 e. The molecule has 0 aromatic heterocycles. The molecule has 3 heteroatoms. The second kappa shape index (κ2) is 6.16. The van der Waals surface area contributed by atoms with E-state index < -0.39 is 0 Å². The summed E-state index contributed by atoms with van der Waals surface area (Å²) in [6.45, 7) is 1.66. The molecule has 1 aliphatic rings. The summed E-state index contributed by atoms with van der Waals surface area (Å²) in [7, 11) is 0. The Morgan fingerprint density at radius 2 is 2.25 bits per heavy atom. The molecule has 1 atom stereocenters. The maximum atomic E-state index is 5.65. The lowest BCUT2D eigenvalue weighted by molar-refractivity contribution is 0.273. The zero-order valence-electron chi connectivity index (χ0n) is 9.52. The monoisotopic (exact) mass is 237 g/mol. The van der Waals surface area contributed by atoms with Gasteiger partial charge in [0.15, 0.2) is 0 Å². The number of fused-ring (bicyclic) bond motifs is 1. The summed E-state index contributed by atoms with van der Waals surface area (Å²) in [5.41, 5.74) is 6.87. The van der Waals surface area contributed by atoms with E-state index in [1.165, 1.54) is 17.1 Å². The summed E-state index contributed by atoms with van der Waals surface area (Å²) in [6, 6.07) is 8.42. The molecule has 0 radical (unpaired) electrons. The molecule has 88 valence electrons. The molecule has 0 aliphatic carbocycles. The van der Waals surface area contributed by atoms with Gasteiger partial charge in [-0.25, -0.2) is 0 Å². The third-order valence-corrected chi connectivity index (χ3v) is 4.11. The van der Waals surface area contributed by atoms with Gasteiger partial charge in [-0.05, 0) is 42.7 Å². The van der Waals surface area contributed by atoms with E-state index in [4.69, 9.17) is 10.5 Å². The van der Waals surface area contributed by atoms with Gasteiger partial charge in [-0.15, -0.1) is 0 Å². The maximum Gasteiger partial charge on any atom is 0.122 e. The van der Waals surface area contributed by atoms with Crippen LogP contribution in [-0.4, -0.2) is 24.7 Å². The number of ether oxygens (including phenoxy) is 1. The van der Waals surface area contributed by atoms with Crippen LogP contribution in [0.3, 0.4) is 0 Å². The molecule has 2 nitrogen and oxygen atoms in total. The fourth-order valence-corrected chi connectivity index (χ4v) is 3.17. The molecule has 1 aromatic carbocycles. The zero-order chi connectivity index (χ0) is 11.2. The van der Waals surface area contributed by atoms with E-state index in [1.807, 2.05) is 17.8 Å². The minimum absolute atomic E-state index is 0.660. The minimum atomic E-state index is 0.660. The smallest absolute Gasteiger partial charge is 0.122 e. The van der Waals surface area contributed by atoms with E-state index in [2.05, 4.69) is 18.2 Å². The highest BCUT2D eigenvalue weighted by Crippen LogP contribution is 2.35. The third kappa shape index (κ3) is 2.92. The number of rotatable bonds is 5. The van der Waals surface area contributed by atoms with Crippen LogP contribution in [0.2, 0.25) is 0 Å². The fraction of sp³-hybridized carbons (Fsp3) is 0.538. The van der Waals surface area contributed by atoms with E-state index in [-0.39, 0.29) is 0 Å². The number of thioether (sulfide) groups is 1. The largest absolute Gasteiger partial charge is 0.493 e. The van der Waals surface area contributed by atoms with Crippen molar-refractivity contribution in [2.24, 2.45) is 5.73 Å². The Bertz CT molecular complexity index is 329. The summed E-state index contributed by atoms with van der Waals surface area (Å²) >= 11 is 2.01. The van der Waals surface area contributed by atoms with Gasteiger partial charge in [-0.3, -0.25) is 0 Å². The number of hydrogen-bond donors (Lipinski definition) is 1. The van der Waals surface area contributed by atoms with Gasteiger partial charge in [0, 0.05) is 5.75 Å². The molecule has 16 heavy (non-hydrogen) atoms. The van der Waals surface area contributed by atoms with Gasteiger partial charge >= 0.3 is 0 Å². The standard InChI is InChI=1S/C13H19NOS/c14-7-3-9-16-10-11-6-8-15-13-5-2-1-4-12(11)13/h1-2,4-5,11H,3,6-10,14H2. The van der Waals surface area contributed by atoms with E-state index >= 15 is 0 Å². The quantitative estimate of drug-likeness (QED) is 0.800. The van der Waals surface area contributed by atoms with Crippen molar-refractivity contribution in [3.63, 3.8) is 0 Å². The molecule has 1 aliphatic heterocycles. The number of hydrogen-bond acceptors (Lipinski definition) is 3. The molecule has 0 spiro atoms. The number of para-hydroxylation sites is 1. The van der Waals surface area contributed by atoms with Crippen LogP contribution >= 0.6 is 11.8 Å². The molecule has 2 N–H and O–H groups in total. The molecule has 2 rings (SSSR count). The van der Waals surface area contributed by atoms with Crippen LogP contribution < -0.4 is 10.5 Å². The van der Waals surface area contributed by atoms with E-state index in [0.717, 1.165) is 31.7 Å². The number of benzene rings is 1. The summed E-state index contributed by atoms with van der Waals surface area (Å²) in [5, 5.41) is 0. The van der Waals surface area contributed by atoms with Crippen molar-refractivity contribution in [3.8, 4) is 5.75 Å². The van der Waals surface area contributed by atoms with Gasteiger partial charge in [0.1, 0.15) is 5.75 Å². The molecular formula is C13H19NOS. The third-order valence-electron chi connectivity index (χ3n) is 2.89. The zero-order valence-corrected chi connectivity index (χ0v) is 10.3. The predicted octanol–water partition coefficient (Wildman–Crippen LogP) is 2.63. The van der Waals surface area contributed by atoms with Gasteiger partial charge in [0.25, 0.3) is 0 Å². The summed E-state index contributed by atoms with van der Waals surface area (Å²) < 4.78 is 5.65. The molecule has 0 saturated heterocycles. The van der Waals surface area contributed by atoms with Crippen LogP contribution in [0.15, 0.2) is 24.3 Å². The maximum absolute atomic E-state index is 5.65. The Morgan fingerprint density at radius 3 is 3.12 bits per heavy atom. The van der Waals surface area contributed by atoms with Gasteiger partial charge in [0.05, 0.1) is 6.61 Å². The first-order valence-electron chi connectivity index (χ1n) is 5.91. The first kappa shape index (κ1) is 11.8. The molecule has 1 heterocycles. The van der Waals surface area contributed by atoms with E-state index in [9.17, 15) is 0 Å². The lowest BCUT2D eigenvalue weighted by Crippen LogP contribution is -2.16. The average Bonchev–Trinajstić information content (AvgIpc) is 2.35. The lowest BCUT2D eigenvalue weighted by atomic mass is 9.95. The molecule has 1 unspecified atom stereocenters. The van der Waals surface area contributed by atoms with Crippen molar-refractivity contribution in [1.29, 1.82) is 0 Å². The Kier molecular flexibility index (Phi) is 4.55. The van der Waals surface area contributed by atoms with Crippen molar-refractivity contribution in [2.45, 2.75) is 18.8 Å².